The van der Waals surface area contributed by atoms with Crippen LogP contribution in [-0.2, 0) is 6.42 Å². The van der Waals surface area contributed by atoms with E-state index >= 15 is 0 Å². The minimum absolute atomic E-state index is 0.173. The molecule has 1 atom stereocenters. The van der Waals surface area contributed by atoms with Gasteiger partial charge in [0.05, 0.1) is 19.3 Å². The van der Waals surface area contributed by atoms with Crippen LogP contribution in [0.3, 0.4) is 0 Å². The largest absolute Gasteiger partial charge is 0.497 e. The number of carbonyl (C=O) groups is 1. The van der Waals surface area contributed by atoms with Gasteiger partial charge in [-0.2, -0.15) is 4.98 Å². The Hall–Kier alpha value is -3.75. The second-order valence-electron chi connectivity index (χ2n) is 6.98. The molecule has 156 valence electrons. The molecule has 1 aliphatic rings. The standard InChI is InChI=1S/C21H22N4O5/c1-28-15-6-2-13(3-7-15)12-18(19-24-21(27)30-25-19)23-20(26)22-14-4-8-16(9-5-14)29-17-10-11-17/h2-9,17-18H,10-12H2,1H3,(H2,22,23,26)(H,24,25,27). The molecule has 1 unspecified atom stereocenters. The minimum Gasteiger partial charge on any atom is -0.497 e. The van der Waals surface area contributed by atoms with Gasteiger partial charge in [-0.3, -0.25) is 4.52 Å². The van der Waals surface area contributed by atoms with Crippen molar-refractivity contribution in [1.29, 1.82) is 0 Å². The third-order valence-corrected chi connectivity index (χ3v) is 4.59. The molecule has 2 aromatic carbocycles. The first-order chi connectivity index (χ1) is 14.6. The quantitative estimate of drug-likeness (QED) is 0.520. The van der Waals surface area contributed by atoms with E-state index < -0.39 is 18.1 Å². The predicted octanol–water partition coefficient (Wildman–Crippen LogP) is 3.43. The lowest BCUT2D eigenvalue weighted by atomic mass is 10.1. The fraction of sp³-hybridized carbons (Fsp3) is 0.286. The fourth-order valence-corrected chi connectivity index (χ4v) is 2.89. The number of rotatable bonds is 8. The molecule has 3 aromatic rings. The van der Waals surface area contributed by atoms with E-state index in [0.717, 1.165) is 29.9 Å². The zero-order valence-corrected chi connectivity index (χ0v) is 16.4. The molecule has 1 heterocycles. The van der Waals surface area contributed by atoms with Crippen molar-refractivity contribution in [3.63, 3.8) is 0 Å². The summed E-state index contributed by atoms with van der Waals surface area (Å²) in [5, 5.41) is 18.7. The van der Waals surface area contributed by atoms with E-state index in [2.05, 4.69) is 25.3 Å². The van der Waals surface area contributed by atoms with Gasteiger partial charge in [-0.05, 0) is 54.8 Å². The minimum atomic E-state index is -0.611. The maximum absolute atomic E-state index is 12.5. The molecule has 1 aromatic heterocycles. The van der Waals surface area contributed by atoms with E-state index in [9.17, 15) is 9.90 Å². The van der Waals surface area contributed by atoms with Crippen molar-refractivity contribution in [2.24, 2.45) is 0 Å². The molecule has 1 saturated carbocycles. The van der Waals surface area contributed by atoms with Crippen LogP contribution in [-0.4, -0.2) is 34.5 Å². The van der Waals surface area contributed by atoms with Gasteiger partial charge in [0.25, 0.3) is 0 Å². The Morgan fingerprint density at radius 3 is 2.47 bits per heavy atom. The van der Waals surface area contributed by atoms with E-state index in [4.69, 9.17) is 9.47 Å². The average Bonchev–Trinajstić information content (AvgIpc) is 3.46. The molecule has 0 aliphatic heterocycles. The topological polar surface area (TPSA) is 119 Å². The Bertz CT molecular complexity index is 983. The molecular formula is C21H22N4O5. The van der Waals surface area contributed by atoms with Crippen molar-refractivity contribution in [1.82, 2.24) is 15.5 Å². The van der Waals surface area contributed by atoms with Crippen molar-refractivity contribution in [3.05, 3.63) is 59.9 Å². The predicted molar refractivity (Wildman–Crippen MR) is 108 cm³/mol. The van der Waals surface area contributed by atoms with Crippen LogP contribution in [0.15, 0.2) is 53.1 Å². The molecule has 0 spiro atoms. The molecule has 0 bridgehead atoms. The maximum atomic E-state index is 12.5. The van der Waals surface area contributed by atoms with Crippen LogP contribution in [0.1, 0.15) is 30.3 Å². The molecule has 2 amide bonds. The highest BCUT2D eigenvalue weighted by Crippen LogP contribution is 2.27. The lowest BCUT2D eigenvalue weighted by molar-refractivity contribution is 0.247. The van der Waals surface area contributed by atoms with Gasteiger partial charge in [0.15, 0.2) is 5.82 Å². The molecule has 4 rings (SSSR count). The molecular weight excluding hydrogens is 388 g/mol. The summed E-state index contributed by atoms with van der Waals surface area (Å²) in [5.74, 6) is 1.68. The number of aromatic hydroxyl groups is 1. The van der Waals surface area contributed by atoms with Gasteiger partial charge in [-0.1, -0.05) is 17.3 Å². The molecule has 0 radical (unpaired) electrons. The van der Waals surface area contributed by atoms with Crippen LogP contribution < -0.4 is 20.1 Å². The van der Waals surface area contributed by atoms with Crippen molar-refractivity contribution < 1.29 is 23.9 Å². The SMILES string of the molecule is COc1ccc(CC(NC(=O)Nc2ccc(OC3CC3)cc2)c2noc(O)n2)cc1. The maximum Gasteiger partial charge on any atom is 0.414 e. The summed E-state index contributed by atoms with van der Waals surface area (Å²) >= 11 is 0. The molecule has 1 aliphatic carbocycles. The Morgan fingerprint density at radius 2 is 1.87 bits per heavy atom. The third-order valence-electron chi connectivity index (χ3n) is 4.59. The van der Waals surface area contributed by atoms with Gasteiger partial charge in [0, 0.05) is 12.1 Å². The first kappa shape index (κ1) is 19.6. The first-order valence-corrected chi connectivity index (χ1v) is 9.59. The Balaban J connectivity index is 1.41. The van der Waals surface area contributed by atoms with Gasteiger partial charge in [-0.15, -0.1) is 0 Å². The van der Waals surface area contributed by atoms with Gasteiger partial charge in [0.1, 0.15) is 11.5 Å². The van der Waals surface area contributed by atoms with Gasteiger partial charge >= 0.3 is 12.1 Å². The Labute approximate surface area is 173 Å². The second-order valence-corrected chi connectivity index (χ2v) is 6.98. The summed E-state index contributed by atoms with van der Waals surface area (Å²) in [6, 6.07) is 13.5. The second kappa shape index (κ2) is 8.73. The number of anilines is 1. The van der Waals surface area contributed by atoms with Gasteiger partial charge in [0.2, 0.25) is 0 Å². The Morgan fingerprint density at radius 1 is 1.17 bits per heavy atom. The summed E-state index contributed by atoms with van der Waals surface area (Å²) in [5.41, 5.74) is 1.54. The molecule has 9 heteroatoms. The van der Waals surface area contributed by atoms with Crippen molar-refractivity contribution in [3.8, 4) is 17.6 Å². The van der Waals surface area contributed by atoms with Crippen molar-refractivity contribution in [2.45, 2.75) is 31.4 Å². The van der Waals surface area contributed by atoms with Gasteiger partial charge < -0.3 is 25.2 Å². The smallest absolute Gasteiger partial charge is 0.414 e. The number of hydrogen-bond donors (Lipinski definition) is 3. The molecule has 1 fully saturated rings. The van der Waals surface area contributed by atoms with E-state index in [0.29, 0.717) is 18.2 Å². The van der Waals surface area contributed by atoms with Crippen LogP contribution >= 0.6 is 0 Å². The summed E-state index contributed by atoms with van der Waals surface area (Å²) in [7, 11) is 1.59. The lowest BCUT2D eigenvalue weighted by Gasteiger charge is -2.16. The van der Waals surface area contributed by atoms with Crippen LogP contribution in [0.2, 0.25) is 0 Å². The number of urea groups is 1. The highest BCUT2D eigenvalue weighted by molar-refractivity contribution is 5.89. The number of carbonyl (C=O) groups excluding carboxylic acids is 1. The van der Waals surface area contributed by atoms with Crippen LogP contribution in [0.4, 0.5) is 10.5 Å². The van der Waals surface area contributed by atoms with E-state index in [1.165, 1.54) is 0 Å². The zero-order chi connectivity index (χ0) is 20.9. The molecule has 0 saturated heterocycles. The van der Waals surface area contributed by atoms with Crippen molar-refractivity contribution >= 4 is 11.7 Å². The van der Waals surface area contributed by atoms with E-state index in [1.54, 1.807) is 19.2 Å². The fourth-order valence-electron chi connectivity index (χ4n) is 2.89. The number of hydrogen-bond acceptors (Lipinski definition) is 7. The normalized spacial score (nSPS) is 14.0. The number of amides is 2. The summed E-state index contributed by atoms with van der Waals surface area (Å²) in [4.78, 5) is 16.4. The molecule has 9 nitrogen and oxygen atoms in total. The van der Waals surface area contributed by atoms with E-state index in [1.807, 2.05) is 36.4 Å². The van der Waals surface area contributed by atoms with Gasteiger partial charge in [-0.25, -0.2) is 4.79 Å². The van der Waals surface area contributed by atoms with E-state index in [-0.39, 0.29) is 5.82 Å². The van der Waals surface area contributed by atoms with Crippen LogP contribution in [0.25, 0.3) is 0 Å². The van der Waals surface area contributed by atoms with Crippen LogP contribution in [0.5, 0.6) is 17.6 Å². The summed E-state index contributed by atoms with van der Waals surface area (Å²) < 4.78 is 15.5. The number of methoxy groups -OCH3 is 1. The van der Waals surface area contributed by atoms with Crippen LogP contribution in [0, 0.1) is 0 Å². The monoisotopic (exact) mass is 410 g/mol. The number of benzene rings is 2. The third kappa shape index (κ3) is 5.19. The number of ether oxygens (including phenoxy) is 2. The Kier molecular flexibility index (Phi) is 5.69. The number of aromatic nitrogens is 2. The highest BCUT2D eigenvalue weighted by atomic mass is 16.6. The highest BCUT2D eigenvalue weighted by Gasteiger charge is 2.24. The summed E-state index contributed by atoms with van der Waals surface area (Å²) in [6.07, 6.45) is 2.33. The molecule has 30 heavy (non-hydrogen) atoms. The molecule has 3 N–H and O–H groups in total. The zero-order valence-electron chi connectivity index (χ0n) is 16.4. The van der Waals surface area contributed by atoms with Crippen molar-refractivity contribution in [2.75, 3.05) is 12.4 Å². The number of nitrogens with one attached hydrogen (secondary N) is 2. The lowest BCUT2D eigenvalue weighted by Crippen LogP contribution is -2.34. The average molecular weight is 410 g/mol. The first-order valence-electron chi connectivity index (χ1n) is 9.59. The summed E-state index contributed by atoms with van der Waals surface area (Å²) in [6.45, 7) is 0. The number of nitrogens with zero attached hydrogens (tertiary/aromatic N) is 2.